The van der Waals surface area contributed by atoms with Crippen LogP contribution in [0.15, 0.2) is 77.7 Å². The van der Waals surface area contributed by atoms with Crippen LogP contribution < -0.4 is 13.9 Å². The van der Waals surface area contributed by atoms with E-state index in [4.69, 9.17) is 4.74 Å². The Bertz CT molecular complexity index is 1240. The zero-order chi connectivity index (χ0) is 22.9. The Kier molecular flexibility index (Phi) is 5.93. The van der Waals surface area contributed by atoms with Gasteiger partial charge in [0.25, 0.3) is 10.0 Å². The number of para-hydroxylation sites is 2. The number of aryl methyl sites for hydroxylation is 1. The number of rotatable bonds is 6. The molecular formula is C25H26N2O4S. The fraction of sp³-hybridized carbons (Fsp3) is 0.240. The van der Waals surface area contributed by atoms with Gasteiger partial charge in [0, 0.05) is 11.7 Å². The van der Waals surface area contributed by atoms with Crippen molar-refractivity contribution in [2.24, 2.45) is 0 Å². The van der Waals surface area contributed by atoms with Gasteiger partial charge in [0.15, 0.2) is 0 Å². The Morgan fingerprint density at radius 2 is 1.75 bits per heavy atom. The molecule has 0 N–H and O–H groups in total. The van der Waals surface area contributed by atoms with E-state index in [1.807, 2.05) is 37.3 Å². The lowest BCUT2D eigenvalue weighted by Crippen LogP contribution is -2.45. The first-order chi connectivity index (χ1) is 15.3. The Morgan fingerprint density at radius 3 is 2.44 bits per heavy atom. The largest absolute Gasteiger partial charge is 0.496 e. The molecule has 0 aliphatic carbocycles. The molecule has 0 saturated carbocycles. The SMILES string of the molecule is COc1ccc(S(=O)(=O)N(CC(=O)N2c3ccccc3CC2C)c2ccccc2)cc1C. The van der Waals surface area contributed by atoms with Crippen LogP contribution in [0.25, 0.3) is 0 Å². The molecule has 1 atom stereocenters. The van der Waals surface area contributed by atoms with E-state index in [9.17, 15) is 13.2 Å². The first-order valence-corrected chi connectivity index (χ1v) is 11.9. The van der Waals surface area contributed by atoms with Gasteiger partial charge in [0.1, 0.15) is 12.3 Å². The normalized spacial score (nSPS) is 15.3. The minimum Gasteiger partial charge on any atom is -0.496 e. The van der Waals surface area contributed by atoms with Gasteiger partial charge >= 0.3 is 0 Å². The predicted octanol–water partition coefficient (Wildman–Crippen LogP) is 4.18. The molecule has 0 bridgehead atoms. The summed E-state index contributed by atoms with van der Waals surface area (Å²) in [5, 5.41) is 0. The van der Waals surface area contributed by atoms with Gasteiger partial charge in [-0.25, -0.2) is 8.42 Å². The first kappa shape index (κ1) is 21.9. The first-order valence-electron chi connectivity index (χ1n) is 10.5. The number of anilines is 2. The van der Waals surface area contributed by atoms with Crippen LogP contribution in [0.1, 0.15) is 18.1 Å². The lowest BCUT2D eigenvalue weighted by atomic mass is 10.1. The van der Waals surface area contributed by atoms with E-state index in [1.165, 1.54) is 10.4 Å². The molecule has 0 radical (unpaired) electrons. The van der Waals surface area contributed by atoms with Crippen LogP contribution in [-0.4, -0.2) is 34.0 Å². The monoisotopic (exact) mass is 450 g/mol. The molecule has 6 nitrogen and oxygen atoms in total. The molecule has 4 rings (SSSR count). The van der Waals surface area contributed by atoms with E-state index in [1.54, 1.807) is 55.3 Å². The highest BCUT2D eigenvalue weighted by atomic mass is 32.2. The highest BCUT2D eigenvalue weighted by Crippen LogP contribution is 2.33. The quantitative estimate of drug-likeness (QED) is 0.565. The van der Waals surface area contributed by atoms with Gasteiger partial charge in [-0.05, 0) is 67.8 Å². The van der Waals surface area contributed by atoms with Crippen LogP contribution in [-0.2, 0) is 21.2 Å². The molecular weight excluding hydrogens is 424 g/mol. The molecule has 0 saturated heterocycles. The zero-order valence-corrected chi connectivity index (χ0v) is 19.2. The summed E-state index contributed by atoms with van der Waals surface area (Å²) in [6.45, 7) is 3.47. The van der Waals surface area contributed by atoms with E-state index < -0.39 is 10.0 Å². The van der Waals surface area contributed by atoms with Gasteiger partial charge in [-0.1, -0.05) is 36.4 Å². The van der Waals surface area contributed by atoms with Crippen molar-refractivity contribution in [3.05, 3.63) is 83.9 Å². The lowest BCUT2D eigenvalue weighted by molar-refractivity contribution is -0.117. The van der Waals surface area contributed by atoms with Crippen molar-refractivity contribution in [3.8, 4) is 5.75 Å². The van der Waals surface area contributed by atoms with E-state index in [0.29, 0.717) is 17.0 Å². The molecule has 166 valence electrons. The zero-order valence-electron chi connectivity index (χ0n) is 18.4. The second-order valence-electron chi connectivity index (χ2n) is 7.92. The van der Waals surface area contributed by atoms with Crippen molar-refractivity contribution in [2.75, 3.05) is 22.9 Å². The van der Waals surface area contributed by atoms with E-state index in [0.717, 1.165) is 17.7 Å². The third-order valence-corrected chi connectivity index (χ3v) is 7.52. The van der Waals surface area contributed by atoms with Gasteiger partial charge in [0.05, 0.1) is 17.7 Å². The van der Waals surface area contributed by atoms with Crippen molar-refractivity contribution in [2.45, 2.75) is 31.2 Å². The minimum absolute atomic E-state index is 0.0385. The minimum atomic E-state index is -3.99. The summed E-state index contributed by atoms with van der Waals surface area (Å²) in [6.07, 6.45) is 0.748. The van der Waals surface area contributed by atoms with Crippen molar-refractivity contribution >= 4 is 27.3 Å². The number of hydrogen-bond donors (Lipinski definition) is 0. The predicted molar refractivity (Wildman–Crippen MR) is 126 cm³/mol. The second kappa shape index (κ2) is 8.67. The summed E-state index contributed by atoms with van der Waals surface area (Å²) in [5.74, 6) is 0.342. The maximum Gasteiger partial charge on any atom is 0.264 e. The number of carbonyl (C=O) groups excluding carboxylic acids is 1. The number of carbonyl (C=O) groups is 1. The van der Waals surface area contributed by atoms with Gasteiger partial charge in [0.2, 0.25) is 5.91 Å². The molecule has 0 aromatic heterocycles. The molecule has 0 fully saturated rings. The summed E-state index contributed by atoms with van der Waals surface area (Å²) >= 11 is 0. The molecule has 32 heavy (non-hydrogen) atoms. The molecule has 3 aromatic carbocycles. The molecule has 0 spiro atoms. The smallest absolute Gasteiger partial charge is 0.264 e. The summed E-state index contributed by atoms with van der Waals surface area (Å²) < 4.78 is 33.8. The van der Waals surface area contributed by atoms with Gasteiger partial charge in [-0.3, -0.25) is 9.10 Å². The molecule has 1 aliphatic rings. The lowest BCUT2D eigenvalue weighted by Gasteiger charge is -2.29. The Hall–Kier alpha value is -3.32. The number of benzene rings is 3. The number of fused-ring (bicyclic) bond motifs is 1. The average molecular weight is 451 g/mol. The van der Waals surface area contributed by atoms with Gasteiger partial charge < -0.3 is 9.64 Å². The van der Waals surface area contributed by atoms with Crippen LogP contribution in [0.4, 0.5) is 11.4 Å². The third kappa shape index (κ3) is 3.96. The fourth-order valence-electron chi connectivity index (χ4n) is 4.19. The highest BCUT2D eigenvalue weighted by Gasteiger charge is 2.34. The molecule has 1 heterocycles. The highest BCUT2D eigenvalue weighted by molar-refractivity contribution is 7.92. The summed E-state index contributed by atoms with van der Waals surface area (Å²) in [4.78, 5) is 15.3. The molecule has 3 aromatic rings. The van der Waals surface area contributed by atoms with E-state index in [-0.39, 0.29) is 23.4 Å². The van der Waals surface area contributed by atoms with E-state index in [2.05, 4.69) is 0 Å². The average Bonchev–Trinajstić information content (AvgIpc) is 3.13. The van der Waals surface area contributed by atoms with Gasteiger partial charge in [-0.2, -0.15) is 0 Å². The number of amides is 1. The number of methoxy groups -OCH3 is 1. The molecule has 7 heteroatoms. The van der Waals surface area contributed by atoms with Crippen LogP contribution in [0, 0.1) is 6.92 Å². The van der Waals surface area contributed by atoms with Crippen LogP contribution >= 0.6 is 0 Å². The number of sulfonamides is 1. The Balaban J connectivity index is 1.72. The summed E-state index contributed by atoms with van der Waals surface area (Å²) in [5.41, 5.74) is 3.08. The summed E-state index contributed by atoms with van der Waals surface area (Å²) in [6, 6.07) is 21.2. The van der Waals surface area contributed by atoms with Gasteiger partial charge in [-0.15, -0.1) is 0 Å². The number of ether oxygens (including phenoxy) is 1. The Labute approximate surface area is 189 Å². The molecule has 1 aliphatic heterocycles. The van der Waals surface area contributed by atoms with Crippen molar-refractivity contribution in [3.63, 3.8) is 0 Å². The van der Waals surface area contributed by atoms with E-state index >= 15 is 0 Å². The summed E-state index contributed by atoms with van der Waals surface area (Å²) in [7, 11) is -2.45. The standard InChI is InChI=1S/C25H26N2O4S/c1-18-15-22(13-14-24(18)31-3)32(29,30)26(21-10-5-4-6-11-21)17-25(28)27-19(2)16-20-9-7-8-12-23(20)27/h4-15,19H,16-17H2,1-3H3. The van der Waals surface area contributed by atoms with Crippen LogP contribution in [0.2, 0.25) is 0 Å². The fourth-order valence-corrected chi connectivity index (χ4v) is 5.69. The molecule has 1 amide bonds. The topological polar surface area (TPSA) is 66.9 Å². The Morgan fingerprint density at radius 1 is 1.06 bits per heavy atom. The van der Waals surface area contributed by atoms with Crippen molar-refractivity contribution in [1.82, 2.24) is 0 Å². The number of nitrogens with zero attached hydrogens (tertiary/aromatic N) is 2. The maximum absolute atomic E-state index is 13.7. The van der Waals surface area contributed by atoms with Crippen LogP contribution in [0.3, 0.4) is 0 Å². The van der Waals surface area contributed by atoms with Crippen molar-refractivity contribution in [1.29, 1.82) is 0 Å². The maximum atomic E-state index is 13.7. The number of hydrogen-bond acceptors (Lipinski definition) is 4. The second-order valence-corrected chi connectivity index (χ2v) is 9.79. The third-order valence-electron chi connectivity index (χ3n) is 5.75. The molecule has 1 unspecified atom stereocenters. The van der Waals surface area contributed by atoms with Crippen LogP contribution in [0.5, 0.6) is 5.75 Å². The van der Waals surface area contributed by atoms with Crippen molar-refractivity contribution < 1.29 is 17.9 Å².